The second-order valence-corrected chi connectivity index (χ2v) is 7.03. The van der Waals surface area contributed by atoms with Crippen molar-refractivity contribution >= 4 is 15.7 Å². The molecule has 1 N–H and O–H groups in total. The average molecular weight is 262 g/mol. The lowest BCUT2D eigenvalue weighted by molar-refractivity contribution is -0.132. The van der Waals surface area contributed by atoms with Crippen LogP contribution in [0.25, 0.3) is 0 Å². The predicted molar refractivity (Wildman–Crippen MR) is 67.6 cm³/mol. The van der Waals surface area contributed by atoms with Crippen LogP contribution in [0.2, 0.25) is 0 Å². The number of piperidine rings is 1. The van der Waals surface area contributed by atoms with Crippen LogP contribution < -0.4 is 5.32 Å². The summed E-state index contributed by atoms with van der Waals surface area (Å²) in [7, 11) is -1.04. The lowest BCUT2D eigenvalue weighted by Gasteiger charge is -2.30. The fraction of sp³-hybridized carbons (Fsp3) is 0.909. The first-order valence-electron chi connectivity index (χ1n) is 6.12. The highest BCUT2D eigenvalue weighted by atomic mass is 32.2. The first-order chi connectivity index (χ1) is 7.94. The summed E-state index contributed by atoms with van der Waals surface area (Å²) in [5.41, 5.74) is 0. The van der Waals surface area contributed by atoms with E-state index in [1.165, 1.54) is 0 Å². The molecular weight excluding hydrogens is 240 g/mol. The number of carbonyl (C=O) groups excluding carboxylic acids is 1. The lowest BCUT2D eigenvalue weighted by atomic mass is 10.1. The fourth-order valence-corrected chi connectivity index (χ4v) is 2.79. The zero-order chi connectivity index (χ0) is 12.9. The molecule has 1 fully saturated rings. The van der Waals surface area contributed by atoms with Gasteiger partial charge in [0.1, 0.15) is 9.84 Å². The van der Waals surface area contributed by atoms with Crippen LogP contribution in [-0.4, -0.2) is 56.9 Å². The van der Waals surface area contributed by atoms with E-state index < -0.39 is 9.84 Å². The number of rotatable bonds is 6. The lowest BCUT2D eigenvalue weighted by Crippen LogP contribution is -2.46. The smallest absolute Gasteiger partial charge is 0.222 e. The van der Waals surface area contributed by atoms with Crippen molar-refractivity contribution in [3.05, 3.63) is 0 Å². The van der Waals surface area contributed by atoms with Gasteiger partial charge in [-0.3, -0.25) is 4.79 Å². The molecule has 17 heavy (non-hydrogen) atoms. The van der Waals surface area contributed by atoms with E-state index in [0.29, 0.717) is 25.4 Å². The molecule has 0 spiro atoms. The molecule has 1 rings (SSSR count). The summed E-state index contributed by atoms with van der Waals surface area (Å²) in [6.45, 7) is 3.09. The molecule has 100 valence electrons. The van der Waals surface area contributed by atoms with Crippen LogP contribution in [0.4, 0.5) is 0 Å². The number of likely N-dealkylation sites (N-methyl/N-ethyl adjacent to an activating group) is 1. The predicted octanol–water partition coefficient (Wildman–Crippen LogP) is 0.0216. The van der Waals surface area contributed by atoms with Crippen molar-refractivity contribution in [2.75, 3.05) is 31.6 Å². The van der Waals surface area contributed by atoms with Gasteiger partial charge in [-0.05, 0) is 19.4 Å². The molecule has 6 heteroatoms. The number of hydrogen-bond donors (Lipinski definition) is 1. The van der Waals surface area contributed by atoms with Gasteiger partial charge < -0.3 is 10.2 Å². The van der Waals surface area contributed by atoms with Crippen LogP contribution in [0.1, 0.15) is 26.2 Å². The van der Waals surface area contributed by atoms with E-state index in [1.54, 1.807) is 18.9 Å². The first kappa shape index (κ1) is 14.4. The normalized spacial score (nSPS) is 21.9. The summed E-state index contributed by atoms with van der Waals surface area (Å²) in [5, 5.41) is 3.31. The third-order valence-electron chi connectivity index (χ3n) is 3.13. The van der Waals surface area contributed by atoms with Crippen molar-refractivity contribution in [3.8, 4) is 0 Å². The third-order valence-corrected chi connectivity index (χ3v) is 4.92. The highest BCUT2D eigenvalue weighted by Gasteiger charge is 2.22. The van der Waals surface area contributed by atoms with Gasteiger partial charge in [-0.1, -0.05) is 6.92 Å². The Hall–Kier alpha value is -0.620. The van der Waals surface area contributed by atoms with Crippen LogP contribution in [0.5, 0.6) is 0 Å². The maximum absolute atomic E-state index is 11.3. The number of sulfone groups is 1. The molecule has 1 heterocycles. The van der Waals surface area contributed by atoms with Crippen LogP contribution in [0.3, 0.4) is 0 Å². The summed E-state index contributed by atoms with van der Waals surface area (Å²) in [6, 6.07) is 0.307. The minimum atomic E-state index is -2.85. The number of amides is 1. The Kier molecular flexibility index (Phi) is 5.39. The Balaban J connectivity index is 2.17. The highest BCUT2D eigenvalue weighted by molar-refractivity contribution is 7.91. The molecule has 1 atom stereocenters. The van der Waals surface area contributed by atoms with E-state index in [0.717, 1.165) is 13.0 Å². The molecule has 1 aliphatic heterocycles. The molecule has 1 amide bonds. The van der Waals surface area contributed by atoms with Gasteiger partial charge in [-0.25, -0.2) is 8.42 Å². The average Bonchev–Trinajstić information content (AvgIpc) is 2.29. The standard InChI is InChI=1S/C11H22N2O3S/c1-3-17(15,16)8-4-7-12-10-5-6-11(14)13(2)9-10/h10,12H,3-9H2,1-2H3. The molecule has 0 saturated carbocycles. The van der Waals surface area contributed by atoms with E-state index in [4.69, 9.17) is 0 Å². The van der Waals surface area contributed by atoms with Gasteiger partial charge in [0.2, 0.25) is 5.91 Å². The molecule has 1 aliphatic rings. The largest absolute Gasteiger partial charge is 0.344 e. The zero-order valence-corrected chi connectivity index (χ0v) is 11.4. The fourth-order valence-electron chi connectivity index (χ4n) is 1.92. The molecule has 5 nitrogen and oxygen atoms in total. The van der Waals surface area contributed by atoms with Gasteiger partial charge in [0.25, 0.3) is 0 Å². The summed E-state index contributed by atoms with van der Waals surface area (Å²) in [4.78, 5) is 13.0. The highest BCUT2D eigenvalue weighted by Crippen LogP contribution is 2.09. The minimum absolute atomic E-state index is 0.191. The van der Waals surface area contributed by atoms with Gasteiger partial charge in [0.15, 0.2) is 0 Å². The van der Waals surface area contributed by atoms with Gasteiger partial charge in [0, 0.05) is 31.8 Å². The molecular formula is C11H22N2O3S. The number of carbonyl (C=O) groups is 1. The van der Waals surface area contributed by atoms with Gasteiger partial charge in [0.05, 0.1) is 5.75 Å². The van der Waals surface area contributed by atoms with Crippen LogP contribution in [0, 0.1) is 0 Å². The Morgan fingerprint density at radius 3 is 2.76 bits per heavy atom. The molecule has 0 aromatic heterocycles. The zero-order valence-electron chi connectivity index (χ0n) is 10.6. The molecule has 0 bridgehead atoms. The minimum Gasteiger partial charge on any atom is -0.344 e. The number of nitrogens with one attached hydrogen (secondary N) is 1. The topological polar surface area (TPSA) is 66.5 Å². The summed E-state index contributed by atoms with van der Waals surface area (Å²) in [6.07, 6.45) is 2.08. The van der Waals surface area contributed by atoms with Gasteiger partial charge >= 0.3 is 0 Å². The summed E-state index contributed by atoms with van der Waals surface area (Å²) < 4.78 is 22.5. The van der Waals surface area contributed by atoms with Crippen molar-refractivity contribution in [2.24, 2.45) is 0 Å². The summed E-state index contributed by atoms with van der Waals surface area (Å²) in [5.74, 6) is 0.655. The van der Waals surface area contributed by atoms with Crippen molar-refractivity contribution in [1.82, 2.24) is 10.2 Å². The number of hydrogen-bond acceptors (Lipinski definition) is 4. The van der Waals surface area contributed by atoms with E-state index >= 15 is 0 Å². The van der Waals surface area contributed by atoms with E-state index in [2.05, 4.69) is 5.32 Å². The van der Waals surface area contributed by atoms with E-state index in [-0.39, 0.29) is 17.4 Å². The van der Waals surface area contributed by atoms with Crippen LogP contribution in [0.15, 0.2) is 0 Å². The SMILES string of the molecule is CCS(=O)(=O)CCCNC1CCC(=O)N(C)C1. The molecule has 0 aromatic rings. The maximum atomic E-state index is 11.3. The second-order valence-electron chi connectivity index (χ2n) is 4.55. The summed E-state index contributed by atoms with van der Waals surface area (Å²) >= 11 is 0. The monoisotopic (exact) mass is 262 g/mol. The van der Waals surface area contributed by atoms with Gasteiger partial charge in [-0.2, -0.15) is 0 Å². The molecule has 0 aromatic carbocycles. The van der Waals surface area contributed by atoms with E-state index in [1.807, 2.05) is 0 Å². The third kappa shape index (κ3) is 5.04. The second kappa shape index (κ2) is 6.35. The molecule has 1 unspecified atom stereocenters. The Bertz CT molecular complexity index is 354. The van der Waals surface area contributed by atoms with Gasteiger partial charge in [-0.15, -0.1) is 0 Å². The Labute approximate surface area is 103 Å². The van der Waals surface area contributed by atoms with E-state index in [9.17, 15) is 13.2 Å². The number of nitrogens with zero attached hydrogens (tertiary/aromatic N) is 1. The number of likely N-dealkylation sites (tertiary alicyclic amines) is 1. The quantitative estimate of drug-likeness (QED) is 0.685. The van der Waals surface area contributed by atoms with Crippen molar-refractivity contribution in [3.63, 3.8) is 0 Å². The van der Waals surface area contributed by atoms with Crippen molar-refractivity contribution in [1.29, 1.82) is 0 Å². The molecule has 0 aliphatic carbocycles. The van der Waals surface area contributed by atoms with Crippen LogP contribution in [-0.2, 0) is 14.6 Å². The van der Waals surface area contributed by atoms with Crippen molar-refractivity contribution < 1.29 is 13.2 Å². The Morgan fingerprint density at radius 1 is 1.47 bits per heavy atom. The first-order valence-corrected chi connectivity index (χ1v) is 7.94. The maximum Gasteiger partial charge on any atom is 0.222 e. The molecule has 0 radical (unpaired) electrons. The molecule has 1 saturated heterocycles. The van der Waals surface area contributed by atoms with Crippen LogP contribution >= 0.6 is 0 Å². The Morgan fingerprint density at radius 2 is 2.18 bits per heavy atom. The van der Waals surface area contributed by atoms with Crippen molar-refractivity contribution in [2.45, 2.75) is 32.2 Å².